The smallest absolute Gasteiger partial charge is 0.306 e. The van der Waals surface area contributed by atoms with Crippen LogP contribution in [0.1, 0.15) is 284 Å². The zero-order valence-corrected chi connectivity index (χ0v) is 41.4. The Hall–Kier alpha value is -2.37. The van der Waals surface area contributed by atoms with Crippen LogP contribution in [0.3, 0.4) is 0 Å². The summed E-state index contributed by atoms with van der Waals surface area (Å²) in [6, 6.07) is 0. The van der Waals surface area contributed by atoms with Gasteiger partial charge in [-0.25, -0.2) is 0 Å². The van der Waals surface area contributed by atoms with Crippen LogP contribution < -0.4 is 0 Å². The third-order valence-corrected chi connectivity index (χ3v) is 11.8. The summed E-state index contributed by atoms with van der Waals surface area (Å²) in [6.07, 6.45) is 59.8. The average Bonchev–Trinajstić information content (AvgIpc) is 3.27. The van der Waals surface area contributed by atoms with Crippen LogP contribution in [0.15, 0.2) is 36.5 Å². The number of carbonyl (C=O) groups excluding carboxylic acids is 3. The van der Waals surface area contributed by atoms with Crippen molar-refractivity contribution < 1.29 is 28.6 Å². The van der Waals surface area contributed by atoms with E-state index in [1.165, 1.54) is 161 Å². The van der Waals surface area contributed by atoms with Crippen molar-refractivity contribution in [2.75, 3.05) is 13.2 Å². The minimum atomic E-state index is -0.780. The molecule has 6 heteroatoms. The first-order valence-electron chi connectivity index (χ1n) is 27.0. The molecule has 62 heavy (non-hydrogen) atoms. The van der Waals surface area contributed by atoms with Gasteiger partial charge in [0.15, 0.2) is 6.10 Å². The molecule has 0 aromatic carbocycles. The highest BCUT2D eigenvalue weighted by Crippen LogP contribution is 2.15. The van der Waals surface area contributed by atoms with Crippen molar-refractivity contribution in [3.63, 3.8) is 0 Å². The van der Waals surface area contributed by atoms with Crippen LogP contribution in [0.25, 0.3) is 0 Å². The van der Waals surface area contributed by atoms with E-state index in [9.17, 15) is 14.4 Å². The van der Waals surface area contributed by atoms with E-state index < -0.39 is 6.10 Å². The number of esters is 3. The van der Waals surface area contributed by atoms with Gasteiger partial charge in [0.1, 0.15) is 13.2 Å². The van der Waals surface area contributed by atoms with Crippen molar-refractivity contribution >= 4 is 17.9 Å². The number of carbonyl (C=O) groups is 3. The van der Waals surface area contributed by atoms with Crippen LogP contribution in [-0.4, -0.2) is 37.2 Å². The number of unbranched alkanes of at least 4 members (excludes halogenated alkanes) is 32. The Kier molecular flexibility index (Phi) is 49.3. The molecule has 0 fully saturated rings. The summed E-state index contributed by atoms with van der Waals surface area (Å²) in [5, 5.41) is 0. The molecule has 0 aromatic rings. The van der Waals surface area contributed by atoms with Gasteiger partial charge in [-0.3, -0.25) is 14.4 Å². The SMILES string of the molecule is CCCCCC/C=C\CCCCCCCC(=O)OC[C@H](COC(=O)CCCCCCC/C=C\CCCCCCCCC)OC(=O)CCCCCCC/C=C\CCCCCCCC. The van der Waals surface area contributed by atoms with Crippen molar-refractivity contribution in [2.45, 2.75) is 290 Å². The third kappa shape index (κ3) is 48.7. The van der Waals surface area contributed by atoms with E-state index in [2.05, 4.69) is 57.2 Å². The lowest BCUT2D eigenvalue weighted by Crippen LogP contribution is -2.30. The van der Waals surface area contributed by atoms with Crippen LogP contribution in [0.4, 0.5) is 0 Å². The summed E-state index contributed by atoms with van der Waals surface area (Å²) >= 11 is 0. The fraction of sp³-hybridized carbons (Fsp3) is 0.839. The van der Waals surface area contributed by atoms with Gasteiger partial charge >= 0.3 is 17.9 Å². The molecule has 0 bridgehead atoms. The maximum absolute atomic E-state index is 12.8. The molecule has 0 rings (SSSR count). The minimum absolute atomic E-state index is 0.0807. The topological polar surface area (TPSA) is 78.9 Å². The Morgan fingerprint density at radius 1 is 0.306 bits per heavy atom. The first kappa shape index (κ1) is 59.6. The van der Waals surface area contributed by atoms with Crippen LogP contribution in [-0.2, 0) is 28.6 Å². The van der Waals surface area contributed by atoms with Gasteiger partial charge in [0, 0.05) is 19.3 Å². The first-order chi connectivity index (χ1) is 30.5. The summed E-state index contributed by atoms with van der Waals surface area (Å²) in [5.74, 6) is -0.895. The van der Waals surface area contributed by atoms with Crippen molar-refractivity contribution in [2.24, 2.45) is 0 Å². The molecule has 0 saturated carbocycles. The Morgan fingerprint density at radius 2 is 0.532 bits per heavy atom. The number of hydrogen-bond acceptors (Lipinski definition) is 6. The van der Waals surface area contributed by atoms with Crippen molar-refractivity contribution in [3.8, 4) is 0 Å². The highest BCUT2D eigenvalue weighted by Gasteiger charge is 2.19. The molecule has 0 heterocycles. The van der Waals surface area contributed by atoms with Crippen molar-refractivity contribution in [1.82, 2.24) is 0 Å². The maximum Gasteiger partial charge on any atom is 0.306 e. The fourth-order valence-corrected chi connectivity index (χ4v) is 7.72. The minimum Gasteiger partial charge on any atom is -0.462 e. The van der Waals surface area contributed by atoms with Crippen molar-refractivity contribution in [1.29, 1.82) is 0 Å². The van der Waals surface area contributed by atoms with Gasteiger partial charge in [-0.2, -0.15) is 0 Å². The van der Waals surface area contributed by atoms with Crippen molar-refractivity contribution in [3.05, 3.63) is 36.5 Å². The summed E-state index contributed by atoms with van der Waals surface area (Å²) in [6.45, 7) is 6.62. The zero-order valence-electron chi connectivity index (χ0n) is 41.4. The fourth-order valence-electron chi connectivity index (χ4n) is 7.72. The summed E-state index contributed by atoms with van der Waals surface area (Å²) in [7, 11) is 0. The van der Waals surface area contributed by atoms with Gasteiger partial charge in [0.2, 0.25) is 0 Å². The van der Waals surface area contributed by atoms with E-state index in [1.54, 1.807) is 0 Å². The molecular formula is C56H102O6. The Bertz CT molecular complexity index is 1050. The van der Waals surface area contributed by atoms with E-state index >= 15 is 0 Å². The van der Waals surface area contributed by atoms with Gasteiger partial charge in [0.05, 0.1) is 0 Å². The van der Waals surface area contributed by atoms with Crippen LogP contribution in [0.5, 0.6) is 0 Å². The third-order valence-electron chi connectivity index (χ3n) is 11.8. The van der Waals surface area contributed by atoms with Crippen LogP contribution in [0.2, 0.25) is 0 Å². The molecule has 1 atom stereocenters. The van der Waals surface area contributed by atoms with E-state index in [0.717, 1.165) is 83.5 Å². The summed E-state index contributed by atoms with van der Waals surface area (Å²) in [4.78, 5) is 38.0. The largest absolute Gasteiger partial charge is 0.462 e. The number of allylic oxidation sites excluding steroid dienone is 6. The second-order valence-electron chi connectivity index (χ2n) is 18.1. The Balaban J connectivity index is 4.39. The van der Waals surface area contributed by atoms with Crippen LogP contribution in [0, 0.1) is 0 Å². The molecule has 362 valence electrons. The number of rotatable bonds is 49. The molecular weight excluding hydrogens is 769 g/mol. The highest BCUT2D eigenvalue weighted by atomic mass is 16.6. The predicted octanol–water partition coefficient (Wildman–Crippen LogP) is 17.7. The second kappa shape index (κ2) is 51.3. The molecule has 0 aromatic heterocycles. The molecule has 0 aliphatic carbocycles. The Morgan fingerprint density at radius 3 is 0.823 bits per heavy atom. The van der Waals surface area contributed by atoms with Gasteiger partial charge in [-0.1, -0.05) is 205 Å². The molecule has 0 radical (unpaired) electrons. The molecule has 0 aliphatic heterocycles. The first-order valence-corrected chi connectivity index (χ1v) is 27.0. The standard InChI is InChI=1S/C56H102O6/c1-4-7-10-13-16-19-22-25-27-29-31-34-37-40-43-46-49-55(58)61-52-53(51-60-54(57)48-45-42-39-36-33-30-24-21-18-15-12-9-6-3)62-56(59)50-47-44-41-38-35-32-28-26-23-20-17-14-11-8-5-2/h21,24,26-29,53H,4-20,22-23,25,30-52H2,1-3H3/b24-21-,28-26-,29-27-/t53-/m1/s1. The van der Waals surface area contributed by atoms with Crippen LogP contribution >= 0.6 is 0 Å². The van der Waals surface area contributed by atoms with Gasteiger partial charge in [-0.15, -0.1) is 0 Å². The summed E-state index contributed by atoms with van der Waals surface area (Å²) in [5.41, 5.74) is 0. The number of hydrogen-bond donors (Lipinski definition) is 0. The summed E-state index contributed by atoms with van der Waals surface area (Å²) < 4.78 is 16.8. The zero-order chi connectivity index (χ0) is 45.1. The monoisotopic (exact) mass is 871 g/mol. The predicted molar refractivity (Wildman–Crippen MR) is 266 cm³/mol. The van der Waals surface area contributed by atoms with E-state index in [4.69, 9.17) is 14.2 Å². The van der Waals surface area contributed by atoms with E-state index in [0.29, 0.717) is 19.3 Å². The average molecular weight is 871 g/mol. The highest BCUT2D eigenvalue weighted by molar-refractivity contribution is 5.71. The van der Waals surface area contributed by atoms with Gasteiger partial charge in [0.25, 0.3) is 0 Å². The normalized spacial score (nSPS) is 12.2. The lowest BCUT2D eigenvalue weighted by atomic mass is 10.1. The Labute approximate surface area is 385 Å². The maximum atomic E-state index is 12.8. The molecule has 0 spiro atoms. The molecule has 0 aliphatic rings. The quantitative estimate of drug-likeness (QED) is 0.0262. The molecule has 6 nitrogen and oxygen atoms in total. The van der Waals surface area contributed by atoms with E-state index in [-0.39, 0.29) is 31.1 Å². The molecule has 0 unspecified atom stereocenters. The second-order valence-corrected chi connectivity index (χ2v) is 18.1. The lowest BCUT2D eigenvalue weighted by Gasteiger charge is -2.18. The van der Waals surface area contributed by atoms with Gasteiger partial charge in [-0.05, 0) is 96.3 Å². The molecule has 0 amide bonds. The number of ether oxygens (including phenoxy) is 3. The lowest BCUT2D eigenvalue weighted by molar-refractivity contribution is -0.167. The van der Waals surface area contributed by atoms with Gasteiger partial charge < -0.3 is 14.2 Å². The molecule has 0 N–H and O–H groups in total. The van der Waals surface area contributed by atoms with E-state index in [1.807, 2.05) is 0 Å². The molecule has 0 saturated heterocycles.